The minimum Gasteiger partial charge on any atom is -0.481 e. The van der Waals surface area contributed by atoms with Crippen molar-refractivity contribution < 1.29 is 14.7 Å². The number of carbonyl (C=O) groups is 2. The molecular formula is C26H31NO3. The maximum Gasteiger partial charge on any atom is 0.307 e. The highest BCUT2D eigenvalue weighted by Gasteiger charge is 2.46. The molecule has 0 amide bonds. The van der Waals surface area contributed by atoms with Gasteiger partial charge < -0.3 is 5.11 Å². The normalized spacial score (nSPS) is 21.9. The van der Waals surface area contributed by atoms with Crippen LogP contribution in [0.15, 0.2) is 54.6 Å². The van der Waals surface area contributed by atoms with Gasteiger partial charge in [0.1, 0.15) is 0 Å². The van der Waals surface area contributed by atoms with Gasteiger partial charge in [-0.3, -0.25) is 14.5 Å². The van der Waals surface area contributed by atoms with Crippen LogP contribution in [0.1, 0.15) is 60.2 Å². The van der Waals surface area contributed by atoms with E-state index in [0.717, 1.165) is 48.1 Å². The lowest BCUT2D eigenvalue weighted by Gasteiger charge is -2.36. The maximum absolute atomic E-state index is 13.3. The summed E-state index contributed by atoms with van der Waals surface area (Å²) in [5.41, 5.74) is 3.35. The molecule has 4 nitrogen and oxygen atoms in total. The number of carboxylic acid groups (broad SMARTS) is 1. The summed E-state index contributed by atoms with van der Waals surface area (Å²) in [6.45, 7) is 7.16. The Balaban J connectivity index is 1.62. The second kappa shape index (κ2) is 9.40. The van der Waals surface area contributed by atoms with Crippen molar-refractivity contribution in [3.8, 4) is 0 Å². The van der Waals surface area contributed by atoms with E-state index in [-0.39, 0.29) is 12.2 Å². The van der Waals surface area contributed by atoms with E-state index >= 15 is 0 Å². The van der Waals surface area contributed by atoms with Crippen LogP contribution in [0, 0.1) is 6.92 Å². The first-order chi connectivity index (χ1) is 14.3. The zero-order valence-corrected chi connectivity index (χ0v) is 18.1. The molecule has 3 rings (SSSR count). The second-order valence-electron chi connectivity index (χ2n) is 8.55. The van der Waals surface area contributed by atoms with Gasteiger partial charge in [-0.15, -0.1) is 0 Å². The first-order valence-electron chi connectivity index (χ1n) is 10.6. The van der Waals surface area contributed by atoms with Crippen LogP contribution in [-0.2, 0) is 11.2 Å². The number of benzene rings is 2. The van der Waals surface area contributed by atoms with Gasteiger partial charge in [0, 0.05) is 18.2 Å². The van der Waals surface area contributed by atoms with Gasteiger partial charge in [-0.25, -0.2) is 0 Å². The molecule has 2 atom stereocenters. The molecular weight excluding hydrogens is 374 g/mol. The minimum atomic E-state index is -0.818. The molecule has 0 bridgehead atoms. The molecule has 0 radical (unpaired) electrons. The Morgan fingerprint density at radius 3 is 2.43 bits per heavy atom. The van der Waals surface area contributed by atoms with Crippen LogP contribution in [0.5, 0.6) is 0 Å². The number of hydrogen-bond acceptors (Lipinski definition) is 3. The quantitative estimate of drug-likeness (QED) is 0.617. The summed E-state index contributed by atoms with van der Waals surface area (Å²) in [7, 11) is 0. The van der Waals surface area contributed by atoms with E-state index in [1.165, 1.54) is 0 Å². The maximum atomic E-state index is 13.3. The average molecular weight is 406 g/mol. The van der Waals surface area contributed by atoms with E-state index in [4.69, 9.17) is 5.11 Å². The standard InChI is InChI=1S/C26H31NO3/c1-19-7-13-23(14-8-19)25(30)26(3)16-15-20(2)27(26)17-5-4-6-21-9-11-22(12-10-21)18-24(28)29/h4,6-14,20H,5,15-18H2,1-3H3,(H,28,29)/b6-4+. The lowest BCUT2D eigenvalue weighted by atomic mass is 9.88. The Morgan fingerprint density at radius 2 is 1.80 bits per heavy atom. The van der Waals surface area contributed by atoms with E-state index in [1.807, 2.05) is 55.5 Å². The summed E-state index contributed by atoms with van der Waals surface area (Å²) >= 11 is 0. The number of carboxylic acids is 1. The highest BCUT2D eigenvalue weighted by atomic mass is 16.4. The van der Waals surface area contributed by atoms with Crippen LogP contribution in [0.25, 0.3) is 6.08 Å². The van der Waals surface area contributed by atoms with Gasteiger partial charge in [0.05, 0.1) is 12.0 Å². The summed E-state index contributed by atoms with van der Waals surface area (Å²) in [4.78, 5) is 26.4. The molecule has 1 heterocycles. The summed E-state index contributed by atoms with van der Waals surface area (Å²) in [6, 6.07) is 15.9. The molecule has 1 saturated heterocycles. The zero-order chi connectivity index (χ0) is 21.7. The zero-order valence-electron chi connectivity index (χ0n) is 18.1. The molecule has 158 valence electrons. The van der Waals surface area contributed by atoms with Crippen molar-refractivity contribution >= 4 is 17.8 Å². The molecule has 2 aromatic carbocycles. The van der Waals surface area contributed by atoms with Crippen molar-refractivity contribution in [3.05, 3.63) is 76.9 Å². The van der Waals surface area contributed by atoms with Crippen molar-refractivity contribution in [2.75, 3.05) is 6.54 Å². The van der Waals surface area contributed by atoms with Crippen molar-refractivity contribution in [2.45, 2.75) is 58.0 Å². The third-order valence-corrected chi connectivity index (χ3v) is 6.20. The van der Waals surface area contributed by atoms with Gasteiger partial charge in [0.2, 0.25) is 0 Å². The number of rotatable bonds is 8. The smallest absolute Gasteiger partial charge is 0.307 e. The SMILES string of the molecule is Cc1ccc(C(=O)C2(C)CCC(C)N2CC/C=C/c2ccc(CC(=O)O)cc2)cc1. The van der Waals surface area contributed by atoms with Crippen LogP contribution in [0.4, 0.5) is 0 Å². The summed E-state index contributed by atoms with van der Waals surface area (Å²) in [5, 5.41) is 8.86. The van der Waals surface area contributed by atoms with Gasteiger partial charge in [-0.05, 0) is 51.2 Å². The number of aliphatic carboxylic acids is 1. The molecule has 0 aliphatic carbocycles. The van der Waals surface area contributed by atoms with Gasteiger partial charge in [0.15, 0.2) is 5.78 Å². The molecule has 2 unspecified atom stereocenters. The Kier molecular flexibility index (Phi) is 6.88. The molecule has 1 N–H and O–H groups in total. The number of likely N-dealkylation sites (tertiary alicyclic amines) is 1. The van der Waals surface area contributed by atoms with Gasteiger partial charge >= 0.3 is 5.97 Å². The highest BCUT2D eigenvalue weighted by Crippen LogP contribution is 2.36. The number of aryl methyl sites for hydroxylation is 1. The lowest BCUT2D eigenvalue weighted by molar-refractivity contribution is -0.136. The Hall–Kier alpha value is -2.72. The lowest BCUT2D eigenvalue weighted by Crippen LogP contribution is -2.50. The van der Waals surface area contributed by atoms with Crippen LogP contribution in [0.3, 0.4) is 0 Å². The Bertz CT molecular complexity index is 914. The average Bonchev–Trinajstić information content (AvgIpc) is 3.01. The van der Waals surface area contributed by atoms with Gasteiger partial charge in [0.25, 0.3) is 0 Å². The third-order valence-electron chi connectivity index (χ3n) is 6.20. The topological polar surface area (TPSA) is 57.6 Å². The van der Waals surface area contributed by atoms with Crippen molar-refractivity contribution in [1.29, 1.82) is 0 Å². The molecule has 1 aliphatic rings. The molecule has 1 aliphatic heterocycles. The summed E-state index contributed by atoms with van der Waals surface area (Å²) < 4.78 is 0. The van der Waals surface area contributed by atoms with Crippen LogP contribution in [0.2, 0.25) is 0 Å². The number of ketones is 1. The highest BCUT2D eigenvalue weighted by molar-refractivity contribution is 6.03. The molecule has 4 heteroatoms. The minimum absolute atomic E-state index is 0.0461. The summed E-state index contributed by atoms with van der Waals surface area (Å²) in [6.07, 6.45) is 7.01. The van der Waals surface area contributed by atoms with Crippen LogP contribution in [-0.4, -0.2) is 39.9 Å². The van der Waals surface area contributed by atoms with E-state index in [1.54, 1.807) is 0 Å². The third kappa shape index (κ3) is 5.06. The molecule has 0 spiro atoms. The predicted octanol–water partition coefficient (Wildman–Crippen LogP) is 5.15. The van der Waals surface area contributed by atoms with E-state index in [2.05, 4.69) is 30.9 Å². The fourth-order valence-corrected chi connectivity index (χ4v) is 4.36. The van der Waals surface area contributed by atoms with Crippen molar-refractivity contribution in [3.63, 3.8) is 0 Å². The Labute approximate surface area is 179 Å². The van der Waals surface area contributed by atoms with E-state index in [9.17, 15) is 9.59 Å². The molecule has 2 aromatic rings. The van der Waals surface area contributed by atoms with Crippen LogP contribution < -0.4 is 0 Å². The number of hydrogen-bond donors (Lipinski definition) is 1. The number of nitrogens with zero attached hydrogens (tertiary/aromatic N) is 1. The van der Waals surface area contributed by atoms with Crippen LogP contribution >= 0.6 is 0 Å². The summed E-state index contributed by atoms with van der Waals surface area (Å²) in [5.74, 6) is -0.605. The van der Waals surface area contributed by atoms with Gasteiger partial charge in [-0.2, -0.15) is 0 Å². The van der Waals surface area contributed by atoms with Crippen molar-refractivity contribution in [2.24, 2.45) is 0 Å². The van der Waals surface area contributed by atoms with Crippen molar-refractivity contribution in [1.82, 2.24) is 4.90 Å². The number of Topliss-reactive ketones (excluding diaryl/α,β-unsaturated/α-hetero) is 1. The first kappa shape index (κ1) is 22.0. The largest absolute Gasteiger partial charge is 0.481 e. The molecule has 0 saturated carbocycles. The molecule has 0 aromatic heterocycles. The monoisotopic (exact) mass is 405 g/mol. The first-order valence-corrected chi connectivity index (χ1v) is 10.6. The molecule has 30 heavy (non-hydrogen) atoms. The Morgan fingerprint density at radius 1 is 1.13 bits per heavy atom. The van der Waals surface area contributed by atoms with Gasteiger partial charge in [-0.1, -0.05) is 66.2 Å². The fraction of sp³-hybridized carbons (Fsp3) is 0.385. The predicted molar refractivity (Wildman–Crippen MR) is 121 cm³/mol. The second-order valence-corrected chi connectivity index (χ2v) is 8.55. The number of carbonyl (C=O) groups excluding carboxylic acids is 1. The van der Waals surface area contributed by atoms with E-state index in [0.29, 0.717) is 6.04 Å². The molecule has 1 fully saturated rings. The van der Waals surface area contributed by atoms with E-state index < -0.39 is 11.5 Å². The fourth-order valence-electron chi connectivity index (χ4n) is 4.36.